The van der Waals surface area contributed by atoms with Gasteiger partial charge < -0.3 is 8.98 Å². The molecule has 1 aliphatic rings. The van der Waals surface area contributed by atoms with Crippen LogP contribution in [0.25, 0.3) is 28.4 Å². The van der Waals surface area contributed by atoms with Crippen molar-refractivity contribution in [3.63, 3.8) is 0 Å². The topological polar surface area (TPSA) is 69.3 Å². The molecule has 0 spiro atoms. The van der Waals surface area contributed by atoms with Crippen LogP contribution >= 0.6 is 0 Å². The molecule has 2 aromatic heterocycles. The minimum absolute atomic E-state index is 0.0497. The standard InChI is InChI=1S/C22H15NO4S/c1-23-17(14-7-3-2-4-8-14)13-19-18(23)11-15(27-19)12-21-22(24)16-9-5-6-10-20(16)28(21,25)26/h2-13H,1H3/b21-12+. The van der Waals surface area contributed by atoms with Gasteiger partial charge in [0.25, 0.3) is 0 Å². The van der Waals surface area contributed by atoms with E-state index in [1.807, 2.05) is 48.0 Å². The van der Waals surface area contributed by atoms with Gasteiger partial charge in [-0.05, 0) is 17.7 Å². The lowest BCUT2D eigenvalue weighted by Gasteiger charge is -2.03. The molecule has 1 aliphatic heterocycles. The van der Waals surface area contributed by atoms with Gasteiger partial charge in [-0.15, -0.1) is 0 Å². The van der Waals surface area contributed by atoms with Crippen molar-refractivity contribution in [1.82, 2.24) is 4.57 Å². The summed E-state index contributed by atoms with van der Waals surface area (Å²) in [5.41, 5.74) is 3.71. The molecular weight excluding hydrogens is 374 g/mol. The van der Waals surface area contributed by atoms with E-state index in [-0.39, 0.29) is 15.4 Å². The molecule has 5 nitrogen and oxygen atoms in total. The van der Waals surface area contributed by atoms with E-state index in [2.05, 4.69) is 0 Å². The van der Waals surface area contributed by atoms with Crippen molar-refractivity contribution in [2.45, 2.75) is 4.90 Å². The van der Waals surface area contributed by atoms with Crippen LogP contribution in [0.3, 0.4) is 0 Å². The summed E-state index contributed by atoms with van der Waals surface area (Å²) >= 11 is 0. The number of furan rings is 1. The highest BCUT2D eigenvalue weighted by molar-refractivity contribution is 7.97. The number of hydrogen-bond acceptors (Lipinski definition) is 4. The first-order valence-corrected chi connectivity index (χ1v) is 10.2. The average Bonchev–Trinajstić information content (AvgIpc) is 3.30. The van der Waals surface area contributed by atoms with Crippen LogP contribution in [0.5, 0.6) is 0 Å². The van der Waals surface area contributed by atoms with Crippen LogP contribution in [-0.4, -0.2) is 18.8 Å². The van der Waals surface area contributed by atoms with E-state index < -0.39 is 15.6 Å². The normalized spacial score (nSPS) is 16.8. The smallest absolute Gasteiger partial charge is 0.211 e. The highest BCUT2D eigenvalue weighted by Crippen LogP contribution is 2.36. The molecule has 0 saturated heterocycles. The minimum atomic E-state index is -3.83. The van der Waals surface area contributed by atoms with Crippen molar-refractivity contribution in [3.05, 3.63) is 83.0 Å². The van der Waals surface area contributed by atoms with Gasteiger partial charge in [-0.1, -0.05) is 42.5 Å². The number of Topliss-reactive ketones (excluding diaryl/α,β-unsaturated/α-hetero) is 1. The van der Waals surface area contributed by atoms with E-state index in [0.717, 1.165) is 16.8 Å². The molecule has 138 valence electrons. The fourth-order valence-corrected chi connectivity index (χ4v) is 5.19. The minimum Gasteiger partial charge on any atom is -0.455 e. The fraction of sp³-hybridized carbons (Fsp3) is 0.0455. The van der Waals surface area contributed by atoms with E-state index in [9.17, 15) is 13.2 Å². The average molecular weight is 389 g/mol. The van der Waals surface area contributed by atoms with Crippen LogP contribution in [0.2, 0.25) is 0 Å². The summed E-state index contributed by atoms with van der Waals surface area (Å²) in [5.74, 6) is -0.166. The number of aryl methyl sites for hydroxylation is 1. The Balaban J connectivity index is 1.61. The van der Waals surface area contributed by atoms with Gasteiger partial charge in [-0.3, -0.25) is 4.79 Å². The Hall–Kier alpha value is -3.38. The van der Waals surface area contributed by atoms with E-state index in [4.69, 9.17) is 4.42 Å². The second-order valence-corrected chi connectivity index (χ2v) is 8.58. The number of fused-ring (bicyclic) bond motifs is 2. The number of ketones is 1. The molecule has 0 N–H and O–H groups in total. The highest BCUT2D eigenvalue weighted by atomic mass is 32.2. The molecule has 0 saturated carbocycles. The van der Waals surface area contributed by atoms with Crippen LogP contribution in [0, 0.1) is 0 Å². The van der Waals surface area contributed by atoms with Crippen molar-refractivity contribution < 1.29 is 17.6 Å². The number of nitrogens with zero attached hydrogens (tertiary/aromatic N) is 1. The van der Waals surface area contributed by atoms with E-state index >= 15 is 0 Å². The van der Waals surface area contributed by atoms with Crippen molar-refractivity contribution in [1.29, 1.82) is 0 Å². The second-order valence-electron chi connectivity index (χ2n) is 6.69. The first-order valence-electron chi connectivity index (χ1n) is 8.72. The largest absolute Gasteiger partial charge is 0.455 e. The molecule has 0 amide bonds. The summed E-state index contributed by atoms with van der Waals surface area (Å²) in [4.78, 5) is 12.4. The third-order valence-electron chi connectivity index (χ3n) is 5.03. The van der Waals surface area contributed by atoms with E-state index in [1.165, 1.54) is 18.2 Å². The predicted molar refractivity (Wildman–Crippen MR) is 107 cm³/mol. The summed E-state index contributed by atoms with van der Waals surface area (Å²) in [6, 6.07) is 19.8. The Morgan fingerprint density at radius 1 is 0.964 bits per heavy atom. The first kappa shape index (κ1) is 16.8. The zero-order valence-electron chi connectivity index (χ0n) is 14.9. The maximum atomic E-state index is 12.7. The molecule has 0 fully saturated rings. The molecule has 0 bridgehead atoms. The quantitative estimate of drug-likeness (QED) is 0.475. The molecule has 0 unspecified atom stereocenters. The number of benzene rings is 2. The van der Waals surface area contributed by atoms with E-state index in [1.54, 1.807) is 18.2 Å². The fourth-order valence-electron chi connectivity index (χ4n) is 3.62. The summed E-state index contributed by atoms with van der Waals surface area (Å²) in [6.07, 6.45) is 1.32. The summed E-state index contributed by atoms with van der Waals surface area (Å²) in [5, 5.41) is 0. The maximum absolute atomic E-state index is 12.7. The van der Waals surface area contributed by atoms with Crippen LogP contribution in [-0.2, 0) is 16.9 Å². The molecule has 0 aliphatic carbocycles. The van der Waals surface area contributed by atoms with Crippen molar-refractivity contribution in [2.75, 3.05) is 0 Å². The summed E-state index contributed by atoms with van der Waals surface area (Å²) in [7, 11) is -1.91. The zero-order chi connectivity index (χ0) is 19.5. The lowest BCUT2D eigenvalue weighted by atomic mass is 10.1. The van der Waals surface area contributed by atoms with Crippen LogP contribution in [0.1, 0.15) is 16.1 Å². The number of allylic oxidation sites excluding steroid dienone is 1. The molecule has 3 heterocycles. The predicted octanol–water partition coefficient (Wildman–Crippen LogP) is 4.45. The molecule has 0 atom stereocenters. The summed E-state index contributed by atoms with van der Waals surface area (Å²) in [6.45, 7) is 0. The van der Waals surface area contributed by atoms with Gasteiger partial charge in [0.15, 0.2) is 5.58 Å². The van der Waals surface area contributed by atoms with Gasteiger partial charge >= 0.3 is 0 Å². The number of carbonyl (C=O) groups excluding carboxylic acids is 1. The second kappa shape index (κ2) is 5.81. The van der Waals surface area contributed by atoms with Crippen LogP contribution in [0.15, 0.2) is 80.9 Å². The van der Waals surface area contributed by atoms with Gasteiger partial charge in [0.2, 0.25) is 15.6 Å². The monoisotopic (exact) mass is 389 g/mol. The number of rotatable bonds is 2. The van der Waals surface area contributed by atoms with Gasteiger partial charge in [0, 0.05) is 30.8 Å². The van der Waals surface area contributed by atoms with Gasteiger partial charge in [0.1, 0.15) is 10.7 Å². The molecule has 5 rings (SSSR count). The number of aromatic nitrogens is 1. The number of hydrogen-bond donors (Lipinski definition) is 0. The Morgan fingerprint density at radius 2 is 1.68 bits per heavy atom. The Bertz CT molecular complexity index is 1390. The molecule has 2 aromatic carbocycles. The van der Waals surface area contributed by atoms with Crippen molar-refractivity contribution in [3.8, 4) is 11.3 Å². The summed E-state index contributed by atoms with van der Waals surface area (Å²) < 4.78 is 33.3. The zero-order valence-corrected chi connectivity index (χ0v) is 15.7. The maximum Gasteiger partial charge on any atom is 0.211 e. The third kappa shape index (κ3) is 2.31. The van der Waals surface area contributed by atoms with Gasteiger partial charge in [-0.2, -0.15) is 0 Å². The first-order chi connectivity index (χ1) is 13.5. The van der Waals surface area contributed by atoms with Crippen molar-refractivity contribution >= 4 is 32.8 Å². The van der Waals surface area contributed by atoms with Crippen LogP contribution < -0.4 is 0 Å². The lowest BCUT2D eigenvalue weighted by Crippen LogP contribution is -2.01. The Labute approximate surface area is 161 Å². The van der Waals surface area contributed by atoms with E-state index in [0.29, 0.717) is 11.3 Å². The number of carbonyl (C=O) groups is 1. The SMILES string of the molecule is Cn1c(-c2ccccc2)cc2oc(/C=C3\C(=O)c4ccccc4S3(=O)=O)cc21. The van der Waals surface area contributed by atoms with Crippen LogP contribution in [0.4, 0.5) is 0 Å². The van der Waals surface area contributed by atoms with Gasteiger partial charge in [-0.25, -0.2) is 8.42 Å². The number of sulfone groups is 1. The molecular formula is C22H15NO4S. The lowest BCUT2D eigenvalue weighted by molar-refractivity contribution is 0.104. The Morgan fingerprint density at radius 3 is 2.39 bits per heavy atom. The molecule has 6 heteroatoms. The van der Waals surface area contributed by atoms with Gasteiger partial charge in [0.05, 0.1) is 16.1 Å². The highest BCUT2D eigenvalue weighted by Gasteiger charge is 2.39. The Kier molecular flexibility index (Phi) is 3.48. The third-order valence-corrected chi connectivity index (χ3v) is 6.84. The molecule has 28 heavy (non-hydrogen) atoms. The molecule has 4 aromatic rings. The van der Waals surface area contributed by atoms with Crippen molar-refractivity contribution in [2.24, 2.45) is 7.05 Å². The molecule has 0 radical (unpaired) electrons.